The molecule has 0 aromatic rings. The molecule has 0 aliphatic rings. The maximum absolute atomic E-state index is 10.7. The highest BCUT2D eigenvalue weighted by Gasteiger charge is 1.87. The van der Waals surface area contributed by atoms with Crippen LogP contribution in [0.5, 0.6) is 0 Å². The van der Waals surface area contributed by atoms with E-state index in [4.69, 9.17) is 11.0 Å². The summed E-state index contributed by atoms with van der Waals surface area (Å²) < 4.78 is 54.0. The van der Waals surface area contributed by atoms with Gasteiger partial charge < -0.3 is 5.11 Å². The third-order valence-corrected chi connectivity index (χ3v) is 0.165. The van der Waals surface area contributed by atoms with Crippen molar-refractivity contribution >= 4 is 5.97 Å². The van der Waals surface area contributed by atoms with Crippen LogP contribution in [-0.2, 0) is 4.79 Å². The molecule has 0 aromatic carbocycles. The van der Waals surface area contributed by atoms with Crippen LogP contribution >= 0.6 is 0 Å². The summed E-state index contributed by atoms with van der Waals surface area (Å²) in [6.07, 6.45) is -6.79. The van der Waals surface area contributed by atoms with Crippen molar-refractivity contribution in [3.05, 3.63) is 0 Å². The zero-order valence-electron chi connectivity index (χ0n) is 10.8. The lowest BCUT2D eigenvalue weighted by molar-refractivity contribution is -0.137. The van der Waals surface area contributed by atoms with Crippen molar-refractivity contribution in [2.45, 2.75) is 19.6 Å². The van der Waals surface area contributed by atoms with Crippen LogP contribution in [0.2, 0.25) is 0 Å². The molecule has 0 spiro atoms. The highest BCUT2D eigenvalue weighted by atomic mass is 16.4. The van der Waals surface area contributed by atoms with E-state index in [1.807, 2.05) is 0 Å². The normalized spacial score (nSPS) is 34.0. The van der Waals surface area contributed by atoms with E-state index >= 15 is 0 Å². The van der Waals surface area contributed by atoms with Gasteiger partial charge in [0.2, 0.25) is 0 Å². The van der Waals surface area contributed by atoms with Crippen molar-refractivity contribution < 1.29 is 19.5 Å². The Kier molecular flexibility index (Phi) is 0.316. The van der Waals surface area contributed by atoms with Crippen molar-refractivity contribution in [1.29, 1.82) is 1.43 Å². The fourth-order valence-electron chi connectivity index (χ4n) is 0.0510. The van der Waals surface area contributed by atoms with Gasteiger partial charge in [-0.2, -0.15) is 0 Å². The van der Waals surface area contributed by atoms with Crippen molar-refractivity contribution in [3.63, 3.8) is 0 Å². The Bertz CT molecular complexity index is 230. The Labute approximate surface area is 48.1 Å². The molecule has 0 unspecified atom stereocenters. The maximum atomic E-state index is 10.7. The number of rotatable bonds is 2. The molecule has 2 heteroatoms. The van der Waals surface area contributed by atoms with E-state index in [0.717, 1.165) is 0 Å². The number of carboxylic acids is 1. The van der Waals surface area contributed by atoms with E-state index in [-0.39, 0.29) is 0 Å². The van der Waals surface area contributed by atoms with Gasteiger partial charge in [0.15, 0.2) is 0 Å². The molecule has 36 valence electrons. The molecule has 0 aliphatic heterocycles. The molecule has 1 N–H and O–H groups in total. The predicted molar refractivity (Wildman–Crippen MR) is 22.5 cm³/mol. The van der Waals surface area contributed by atoms with Crippen LogP contribution in [0.3, 0.4) is 0 Å². The number of carboxylic acid groups (broad SMARTS) is 1. The third kappa shape index (κ3) is 3.47. The molecule has 6 heavy (non-hydrogen) atoms. The molecule has 0 atom stereocenters. The number of hydrogen-bond donors (Lipinski definition) is 1. The van der Waals surface area contributed by atoms with Gasteiger partial charge in [0.1, 0.15) is 0 Å². The fraction of sp³-hybridized carbons (Fsp3) is 0.750. The first kappa shape index (κ1) is 0.703. The number of aliphatic carboxylic acids is 1. The molecule has 0 amide bonds. The molecule has 0 fully saturated rings. The third-order valence-electron chi connectivity index (χ3n) is 0.165. The van der Waals surface area contributed by atoms with E-state index in [0.29, 0.717) is 0 Å². The van der Waals surface area contributed by atoms with Gasteiger partial charge in [0.05, 0.1) is 0 Å². The zero-order chi connectivity index (χ0) is 11.8. The van der Waals surface area contributed by atoms with Crippen molar-refractivity contribution in [2.24, 2.45) is 0 Å². The van der Waals surface area contributed by atoms with Crippen molar-refractivity contribution in [3.8, 4) is 0 Å². The van der Waals surface area contributed by atoms with Crippen LogP contribution in [0.4, 0.5) is 0 Å². The topological polar surface area (TPSA) is 37.3 Å². The molecule has 0 saturated carbocycles. The van der Waals surface area contributed by atoms with Gasteiger partial charge in [0, 0.05) is 16.0 Å². The first-order chi connectivity index (χ1) is 5.98. The standard InChI is InChI=1S/C4H8O2/c1-2-3-4(5)6/h2-3H2,1H3,(H,5,6)/i1D3,2D2,3D2/hD. The molecule has 0 aromatic heterocycles. The van der Waals surface area contributed by atoms with Gasteiger partial charge in [-0.3, -0.25) is 4.79 Å². The second-order valence-electron chi connectivity index (χ2n) is 0.537. The second-order valence-corrected chi connectivity index (χ2v) is 0.537. The molecule has 0 bridgehead atoms. The molecule has 0 rings (SSSR count). The first-order valence-corrected chi connectivity index (χ1v) is 1.16. The minimum Gasteiger partial charge on any atom is -0.481 e. The lowest BCUT2D eigenvalue weighted by atomic mass is 10.4. The Morgan fingerprint density at radius 1 is 2.50 bits per heavy atom. The van der Waals surface area contributed by atoms with Gasteiger partial charge in [-0.25, -0.2) is 0 Å². The highest BCUT2D eigenvalue weighted by Crippen LogP contribution is 1.82. The first-order valence-electron chi connectivity index (χ1n) is 5.07. The van der Waals surface area contributed by atoms with Gasteiger partial charge in [-0.15, -0.1) is 0 Å². The van der Waals surface area contributed by atoms with Crippen molar-refractivity contribution in [1.82, 2.24) is 0 Å². The number of hydrogen-bond acceptors (Lipinski definition) is 2. The number of carbonyl (C=O) groups is 1. The minimum atomic E-state index is -3.40. The van der Waals surface area contributed by atoms with Crippen LogP contribution in [-0.4, -0.2) is 11.1 Å². The summed E-state index contributed by atoms with van der Waals surface area (Å²) in [5, 5.41) is 3.24. The lowest BCUT2D eigenvalue weighted by Crippen LogP contribution is -1.90. The van der Waals surface area contributed by atoms with Crippen molar-refractivity contribution in [2.75, 3.05) is 0 Å². The fourth-order valence-corrected chi connectivity index (χ4v) is 0.0510. The Balaban J connectivity index is 5.18. The van der Waals surface area contributed by atoms with Crippen LogP contribution < -0.4 is 0 Å². The summed E-state index contributed by atoms with van der Waals surface area (Å²) in [7, 11) is 0. The van der Waals surface area contributed by atoms with E-state index < -0.39 is 25.6 Å². The van der Waals surface area contributed by atoms with E-state index in [1.54, 1.807) is 0 Å². The Morgan fingerprint density at radius 2 is 3.33 bits per heavy atom. The Morgan fingerprint density at radius 3 is 3.83 bits per heavy atom. The molecule has 0 saturated heterocycles. The quantitative estimate of drug-likeness (QED) is 0.554. The van der Waals surface area contributed by atoms with E-state index in [1.165, 1.54) is 0 Å². The van der Waals surface area contributed by atoms with E-state index in [9.17, 15) is 4.79 Å². The lowest BCUT2D eigenvalue weighted by Gasteiger charge is -1.79. The largest absolute Gasteiger partial charge is 0.481 e. The second kappa shape index (κ2) is 2.69. The molecule has 0 aliphatic carbocycles. The molecule has 0 radical (unpaired) electrons. The smallest absolute Gasteiger partial charge is 0.303 e. The average molecular weight is 96.2 g/mol. The summed E-state index contributed by atoms with van der Waals surface area (Å²) in [5.41, 5.74) is 0. The summed E-state index contributed by atoms with van der Waals surface area (Å²) in [6, 6.07) is 0. The summed E-state index contributed by atoms with van der Waals surface area (Å²) in [5.74, 6) is -1.88. The van der Waals surface area contributed by atoms with Gasteiger partial charge in [0.25, 0.3) is 1.43 Å². The molecular formula is C4H8O2. The molecule has 2 nitrogen and oxygen atoms in total. The molecular weight excluding hydrogens is 80.0 g/mol. The summed E-state index contributed by atoms with van der Waals surface area (Å²) in [6.45, 7) is -3.31. The summed E-state index contributed by atoms with van der Waals surface area (Å²) in [4.78, 5) is 10.7. The van der Waals surface area contributed by atoms with Gasteiger partial charge >= 0.3 is 5.97 Å². The van der Waals surface area contributed by atoms with Crippen LogP contribution in [0.25, 0.3) is 1.43 Å². The van der Waals surface area contributed by atoms with Gasteiger partial charge in [-0.05, 0) is 6.37 Å². The summed E-state index contributed by atoms with van der Waals surface area (Å²) >= 11 is 0. The highest BCUT2D eigenvalue weighted by molar-refractivity contribution is 5.66. The maximum Gasteiger partial charge on any atom is 0.303 e. The zero-order valence-corrected chi connectivity index (χ0v) is 2.82. The van der Waals surface area contributed by atoms with Crippen LogP contribution in [0, 0.1) is 0 Å². The van der Waals surface area contributed by atoms with Gasteiger partial charge in [-0.1, -0.05) is 6.85 Å². The Hall–Kier alpha value is -0.530. The molecule has 0 heterocycles. The van der Waals surface area contributed by atoms with E-state index in [2.05, 4.69) is 5.11 Å². The SMILES string of the molecule is [2H]OC(=O)C([2H])([2H])C([2H])([2H])C([2H])([2H])[2H]. The minimum absolute atomic E-state index is 1.88. The predicted octanol–water partition coefficient (Wildman–Crippen LogP) is 0.871. The van der Waals surface area contributed by atoms with Crippen LogP contribution in [0.1, 0.15) is 29.2 Å². The monoisotopic (exact) mass is 96.1 g/mol. The van der Waals surface area contributed by atoms with Crippen LogP contribution in [0.15, 0.2) is 0 Å². The average Bonchev–Trinajstić information content (AvgIpc) is 2.00.